The van der Waals surface area contributed by atoms with E-state index in [2.05, 4.69) is 12.1 Å². The highest BCUT2D eigenvalue weighted by molar-refractivity contribution is 8.38. The Morgan fingerprint density at radius 3 is 2.44 bits per heavy atom. The SMILES string of the molecule is CSC(=NCc1ccccc1)SCc1c(C)cccc1N(N)C(=O)N(C)N. The Labute approximate surface area is 168 Å². The Balaban J connectivity index is 2.15. The molecular formula is C19H25N5OS2. The van der Waals surface area contributed by atoms with Crippen LogP contribution in [0.3, 0.4) is 0 Å². The van der Waals surface area contributed by atoms with Crippen molar-refractivity contribution in [2.45, 2.75) is 19.2 Å². The van der Waals surface area contributed by atoms with Gasteiger partial charge in [-0.1, -0.05) is 54.2 Å². The minimum Gasteiger partial charge on any atom is -0.267 e. The molecule has 0 heterocycles. The van der Waals surface area contributed by atoms with E-state index in [4.69, 9.17) is 16.7 Å². The van der Waals surface area contributed by atoms with Crippen LogP contribution in [0.25, 0.3) is 0 Å². The van der Waals surface area contributed by atoms with Crippen molar-refractivity contribution in [2.75, 3.05) is 18.3 Å². The number of carbonyl (C=O) groups excluding carboxylic acids is 1. The van der Waals surface area contributed by atoms with Crippen molar-refractivity contribution in [2.24, 2.45) is 16.7 Å². The molecule has 0 saturated heterocycles. The summed E-state index contributed by atoms with van der Waals surface area (Å²) in [6, 6.07) is 15.4. The van der Waals surface area contributed by atoms with Crippen LogP contribution < -0.4 is 16.7 Å². The van der Waals surface area contributed by atoms with Gasteiger partial charge in [0.15, 0.2) is 0 Å². The Kier molecular flexibility index (Phi) is 8.18. The summed E-state index contributed by atoms with van der Waals surface area (Å²) in [5.41, 5.74) is 3.87. The molecule has 2 aromatic rings. The standard InChI is InChI=1S/C19H25N5OS2/c1-14-8-7-11-17(24(21)19(25)23(2)20)16(14)13-27-18(26-3)22-12-15-9-5-4-6-10-15/h4-11H,12-13,20-21H2,1-3H3. The van der Waals surface area contributed by atoms with E-state index in [1.165, 1.54) is 12.6 Å². The number of benzene rings is 2. The van der Waals surface area contributed by atoms with Crippen molar-refractivity contribution in [1.29, 1.82) is 0 Å². The van der Waals surface area contributed by atoms with E-state index in [9.17, 15) is 4.79 Å². The average Bonchev–Trinajstić information content (AvgIpc) is 2.68. The van der Waals surface area contributed by atoms with Crippen molar-refractivity contribution in [3.8, 4) is 0 Å². The number of rotatable bonds is 5. The molecule has 4 N–H and O–H groups in total. The van der Waals surface area contributed by atoms with Gasteiger partial charge in [-0.2, -0.15) is 0 Å². The van der Waals surface area contributed by atoms with E-state index >= 15 is 0 Å². The maximum Gasteiger partial charge on any atom is 0.352 e. The molecule has 6 nitrogen and oxygen atoms in total. The lowest BCUT2D eigenvalue weighted by molar-refractivity contribution is 0.216. The molecule has 0 aliphatic heterocycles. The number of hydrogen-bond donors (Lipinski definition) is 2. The van der Waals surface area contributed by atoms with E-state index in [0.717, 1.165) is 25.5 Å². The van der Waals surface area contributed by atoms with Gasteiger partial charge >= 0.3 is 6.03 Å². The predicted molar refractivity (Wildman–Crippen MR) is 118 cm³/mol. The van der Waals surface area contributed by atoms with Crippen LogP contribution in [0.2, 0.25) is 0 Å². The summed E-state index contributed by atoms with van der Waals surface area (Å²) in [6.45, 7) is 2.65. The number of anilines is 1. The minimum absolute atomic E-state index is 0.477. The summed E-state index contributed by atoms with van der Waals surface area (Å²) in [6.07, 6.45) is 2.01. The number of carbonyl (C=O) groups is 1. The molecule has 0 spiro atoms. The number of nitrogens with zero attached hydrogens (tertiary/aromatic N) is 3. The molecule has 0 bridgehead atoms. The second-order valence-corrected chi connectivity index (χ2v) is 7.91. The Hall–Kier alpha value is -2.00. The summed E-state index contributed by atoms with van der Waals surface area (Å²) < 4.78 is 0.985. The first-order valence-electron chi connectivity index (χ1n) is 8.35. The minimum atomic E-state index is -0.477. The fourth-order valence-electron chi connectivity index (χ4n) is 2.42. The van der Waals surface area contributed by atoms with Crippen molar-refractivity contribution in [1.82, 2.24) is 5.01 Å². The predicted octanol–water partition coefficient (Wildman–Crippen LogP) is 3.75. The number of amides is 2. The molecule has 0 aromatic heterocycles. The lowest BCUT2D eigenvalue weighted by Crippen LogP contribution is -2.49. The van der Waals surface area contributed by atoms with Crippen LogP contribution in [0, 0.1) is 6.92 Å². The van der Waals surface area contributed by atoms with Crippen LogP contribution in [-0.2, 0) is 12.3 Å². The third kappa shape index (κ3) is 6.00. The molecule has 27 heavy (non-hydrogen) atoms. The van der Waals surface area contributed by atoms with Crippen LogP contribution in [0.15, 0.2) is 53.5 Å². The smallest absolute Gasteiger partial charge is 0.267 e. The Bertz CT molecular complexity index is 796. The maximum absolute atomic E-state index is 12.1. The van der Waals surface area contributed by atoms with Gasteiger partial charge in [0.05, 0.1) is 12.2 Å². The molecule has 0 aliphatic rings. The fourth-order valence-corrected chi connectivity index (χ4v) is 4.06. The summed E-state index contributed by atoms with van der Waals surface area (Å²) >= 11 is 3.25. The van der Waals surface area contributed by atoms with Gasteiger partial charge in [-0.25, -0.2) is 21.5 Å². The molecule has 2 aromatic carbocycles. The molecule has 2 rings (SSSR count). The number of nitrogens with two attached hydrogens (primary N) is 2. The zero-order chi connectivity index (χ0) is 19.8. The van der Waals surface area contributed by atoms with E-state index in [1.807, 2.05) is 49.6 Å². The molecule has 144 valence electrons. The number of hydrazine groups is 2. The van der Waals surface area contributed by atoms with E-state index in [0.29, 0.717) is 18.0 Å². The van der Waals surface area contributed by atoms with Crippen molar-refractivity contribution >= 4 is 39.6 Å². The Morgan fingerprint density at radius 2 is 1.81 bits per heavy atom. The summed E-state index contributed by atoms with van der Waals surface area (Å²) in [7, 11) is 1.47. The third-order valence-electron chi connectivity index (χ3n) is 3.90. The largest absolute Gasteiger partial charge is 0.352 e. The highest BCUT2D eigenvalue weighted by Gasteiger charge is 2.19. The number of urea groups is 1. The van der Waals surface area contributed by atoms with Crippen LogP contribution in [0.1, 0.15) is 16.7 Å². The zero-order valence-electron chi connectivity index (χ0n) is 15.8. The van der Waals surface area contributed by atoms with Gasteiger partial charge in [-0.05, 0) is 35.9 Å². The van der Waals surface area contributed by atoms with Gasteiger partial charge in [0, 0.05) is 12.8 Å². The highest BCUT2D eigenvalue weighted by atomic mass is 32.2. The van der Waals surface area contributed by atoms with E-state index in [1.54, 1.807) is 23.5 Å². The first-order valence-corrected chi connectivity index (χ1v) is 10.6. The summed E-state index contributed by atoms with van der Waals surface area (Å²) in [5.74, 6) is 12.2. The summed E-state index contributed by atoms with van der Waals surface area (Å²) in [4.78, 5) is 16.8. The number of hydrogen-bond acceptors (Lipinski definition) is 6. The molecule has 0 atom stereocenters. The molecule has 0 aliphatic carbocycles. The summed E-state index contributed by atoms with van der Waals surface area (Å²) in [5, 5.41) is 2.05. The number of aliphatic imine (C=N–C) groups is 1. The molecule has 8 heteroatoms. The Morgan fingerprint density at radius 1 is 1.11 bits per heavy atom. The van der Waals surface area contributed by atoms with Gasteiger partial charge < -0.3 is 0 Å². The monoisotopic (exact) mass is 403 g/mol. The number of thioether (sulfide) groups is 2. The maximum atomic E-state index is 12.1. The van der Waals surface area contributed by atoms with Crippen LogP contribution in [0.5, 0.6) is 0 Å². The average molecular weight is 404 g/mol. The molecule has 0 saturated carbocycles. The molecule has 0 unspecified atom stereocenters. The highest BCUT2D eigenvalue weighted by Crippen LogP contribution is 2.29. The van der Waals surface area contributed by atoms with Crippen molar-refractivity contribution in [3.63, 3.8) is 0 Å². The molecule has 0 fully saturated rings. The van der Waals surface area contributed by atoms with Crippen LogP contribution >= 0.6 is 23.5 Å². The van der Waals surface area contributed by atoms with Crippen LogP contribution in [0.4, 0.5) is 10.5 Å². The number of aryl methyl sites for hydroxylation is 1. The molecule has 0 radical (unpaired) electrons. The normalized spacial score (nSPS) is 11.4. The second-order valence-electron chi connectivity index (χ2n) is 5.90. The van der Waals surface area contributed by atoms with Crippen molar-refractivity contribution < 1.29 is 4.79 Å². The quantitative estimate of drug-likeness (QED) is 0.261. The lowest BCUT2D eigenvalue weighted by atomic mass is 10.1. The lowest BCUT2D eigenvalue weighted by Gasteiger charge is -2.24. The van der Waals surface area contributed by atoms with Crippen LogP contribution in [-0.4, -0.2) is 28.7 Å². The van der Waals surface area contributed by atoms with Gasteiger partial charge in [0.25, 0.3) is 0 Å². The topological polar surface area (TPSA) is 88.0 Å². The van der Waals surface area contributed by atoms with E-state index in [-0.39, 0.29) is 0 Å². The first-order chi connectivity index (χ1) is 12.9. The van der Waals surface area contributed by atoms with Gasteiger partial charge in [-0.15, -0.1) is 11.8 Å². The van der Waals surface area contributed by atoms with Crippen molar-refractivity contribution in [3.05, 3.63) is 65.2 Å². The van der Waals surface area contributed by atoms with Gasteiger partial charge in [-0.3, -0.25) is 10.0 Å². The zero-order valence-corrected chi connectivity index (χ0v) is 17.4. The molecule has 2 amide bonds. The van der Waals surface area contributed by atoms with E-state index < -0.39 is 6.03 Å². The second kappa shape index (κ2) is 10.4. The van der Waals surface area contributed by atoms with Gasteiger partial charge in [0.1, 0.15) is 4.38 Å². The fraction of sp³-hybridized carbons (Fsp3) is 0.263. The third-order valence-corrected chi connectivity index (χ3v) is 6.04. The first kappa shape index (κ1) is 21.3. The van der Waals surface area contributed by atoms with Gasteiger partial charge in [0.2, 0.25) is 0 Å². The molecular weight excluding hydrogens is 378 g/mol.